The van der Waals surface area contributed by atoms with Gasteiger partial charge in [-0.2, -0.15) is 0 Å². The van der Waals surface area contributed by atoms with Gasteiger partial charge in [-0.05, 0) is 0 Å². The van der Waals surface area contributed by atoms with Crippen LogP contribution in [0.1, 0.15) is 6.92 Å². The van der Waals surface area contributed by atoms with E-state index in [-0.39, 0.29) is 12.5 Å². The SMILES string of the molecule is CC(=O)NCC(O)[C]=S. The van der Waals surface area contributed by atoms with Gasteiger partial charge < -0.3 is 10.4 Å². The number of amides is 1. The number of rotatable bonds is 3. The average Bonchev–Trinajstić information content (AvgIpc) is 1.83. The molecule has 3 nitrogen and oxygen atoms in total. The van der Waals surface area contributed by atoms with Crippen molar-refractivity contribution in [3.05, 3.63) is 0 Å². The average molecular weight is 146 g/mol. The summed E-state index contributed by atoms with van der Waals surface area (Å²) >= 11 is 4.28. The highest BCUT2D eigenvalue weighted by atomic mass is 32.1. The first-order chi connectivity index (χ1) is 4.16. The van der Waals surface area contributed by atoms with Crippen molar-refractivity contribution >= 4 is 23.5 Å². The lowest BCUT2D eigenvalue weighted by molar-refractivity contribution is -0.119. The Kier molecular flexibility index (Phi) is 4.17. The number of hydrogen-bond acceptors (Lipinski definition) is 3. The van der Waals surface area contributed by atoms with Gasteiger partial charge in [0.2, 0.25) is 5.91 Å². The van der Waals surface area contributed by atoms with Crippen molar-refractivity contribution in [2.75, 3.05) is 6.54 Å². The summed E-state index contributed by atoms with van der Waals surface area (Å²) < 4.78 is 0. The Morgan fingerprint density at radius 3 is 2.89 bits per heavy atom. The molecule has 4 heteroatoms. The van der Waals surface area contributed by atoms with Crippen LogP contribution in [-0.2, 0) is 4.79 Å². The van der Waals surface area contributed by atoms with E-state index in [1.54, 1.807) is 0 Å². The first-order valence-electron chi connectivity index (χ1n) is 2.47. The molecule has 0 aliphatic carbocycles. The summed E-state index contributed by atoms with van der Waals surface area (Å²) in [4.78, 5) is 10.2. The molecule has 9 heavy (non-hydrogen) atoms. The molecular formula is C5H8NO2S. The molecule has 51 valence electrons. The van der Waals surface area contributed by atoms with Crippen molar-refractivity contribution in [1.82, 2.24) is 5.32 Å². The third-order valence-corrected chi connectivity index (χ3v) is 0.952. The first-order valence-corrected chi connectivity index (χ1v) is 2.88. The molecule has 0 aromatic rings. The lowest BCUT2D eigenvalue weighted by Gasteiger charge is -2.02. The van der Waals surface area contributed by atoms with Gasteiger partial charge in [0.25, 0.3) is 0 Å². The Morgan fingerprint density at radius 2 is 2.56 bits per heavy atom. The highest BCUT2D eigenvalue weighted by molar-refractivity contribution is 7.79. The highest BCUT2D eigenvalue weighted by Gasteiger charge is 1.98. The second-order valence-corrected chi connectivity index (χ2v) is 1.81. The van der Waals surface area contributed by atoms with Gasteiger partial charge in [-0.1, -0.05) is 12.2 Å². The topological polar surface area (TPSA) is 49.3 Å². The van der Waals surface area contributed by atoms with Crippen LogP contribution >= 0.6 is 12.2 Å². The van der Waals surface area contributed by atoms with E-state index in [4.69, 9.17) is 5.11 Å². The molecule has 0 aromatic heterocycles. The molecular weight excluding hydrogens is 138 g/mol. The Balaban J connectivity index is 3.26. The van der Waals surface area contributed by atoms with Crippen molar-refractivity contribution in [3.8, 4) is 0 Å². The summed E-state index contributed by atoms with van der Waals surface area (Å²) in [6.07, 6.45) is -0.830. The van der Waals surface area contributed by atoms with E-state index in [2.05, 4.69) is 22.9 Å². The maximum atomic E-state index is 10.2. The van der Waals surface area contributed by atoms with Gasteiger partial charge in [-0.3, -0.25) is 4.79 Å². The molecule has 0 aliphatic rings. The van der Waals surface area contributed by atoms with Crippen LogP contribution in [0.3, 0.4) is 0 Å². The minimum absolute atomic E-state index is 0.152. The van der Waals surface area contributed by atoms with Gasteiger partial charge in [-0.25, -0.2) is 0 Å². The smallest absolute Gasteiger partial charge is 0.216 e. The van der Waals surface area contributed by atoms with E-state index < -0.39 is 6.10 Å². The Labute approximate surface area is 59.1 Å². The Bertz CT molecular complexity index is 116. The van der Waals surface area contributed by atoms with Crippen LogP contribution in [0.25, 0.3) is 0 Å². The predicted molar refractivity (Wildman–Crippen MR) is 37.3 cm³/mol. The normalized spacial score (nSPS) is 12.2. The third-order valence-electron chi connectivity index (χ3n) is 0.680. The minimum Gasteiger partial charge on any atom is -0.386 e. The number of thiocarbonyl (C=S) groups is 1. The maximum absolute atomic E-state index is 10.2. The highest BCUT2D eigenvalue weighted by Crippen LogP contribution is 1.73. The summed E-state index contributed by atoms with van der Waals surface area (Å²) in [5.41, 5.74) is 0. The summed E-state index contributed by atoms with van der Waals surface area (Å²) in [6.45, 7) is 1.52. The minimum atomic E-state index is -0.830. The second-order valence-electron chi connectivity index (χ2n) is 1.57. The molecule has 1 unspecified atom stereocenters. The lowest BCUT2D eigenvalue weighted by Crippen LogP contribution is -2.30. The van der Waals surface area contributed by atoms with Crippen LogP contribution in [-0.4, -0.2) is 29.0 Å². The standard InChI is InChI=1S/C5H8NO2S/c1-4(7)6-2-5(8)3-9/h5,8H,2H2,1H3,(H,6,7). The Hall–Kier alpha value is -0.480. The molecule has 0 spiro atoms. The quantitative estimate of drug-likeness (QED) is 0.521. The van der Waals surface area contributed by atoms with Crippen LogP contribution in [0.2, 0.25) is 0 Å². The number of aliphatic hydroxyl groups is 1. The molecule has 1 amide bonds. The fraction of sp³-hybridized carbons (Fsp3) is 0.600. The van der Waals surface area contributed by atoms with Crippen molar-refractivity contribution < 1.29 is 9.90 Å². The molecule has 0 fully saturated rings. The zero-order valence-electron chi connectivity index (χ0n) is 5.05. The summed E-state index contributed by atoms with van der Waals surface area (Å²) in [5, 5.41) is 13.2. The van der Waals surface area contributed by atoms with E-state index in [0.29, 0.717) is 0 Å². The van der Waals surface area contributed by atoms with E-state index in [0.717, 1.165) is 0 Å². The number of carbonyl (C=O) groups excluding carboxylic acids is 1. The number of aliphatic hydroxyl groups excluding tert-OH is 1. The molecule has 0 aromatic carbocycles. The van der Waals surface area contributed by atoms with Crippen molar-refractivity contribution in [3.63, 3.8) is 0 Å². The van der Waals surface area contributed by atoms with Crippen molar-refractivity contribution in [1.29, 1.82) is 0 Å². The number of hydrogen-bond donors (Lipinski definition) is 2. The van der Waals surface area contributed by atoms with Crippen molar-refractivity contribution in [2.24, 2.45) is 0 Å². The van der Waals surface area contributed by atoms with Crippen LogP contribution in [0.15, 0.2) is 0 Å². The fourth-order valence-corrected chi connectivity index (χ4v) is 0.365. The molecule has 0 heterocycles. The lowest BCUT2D eigenvalue weighted by atomic mass is 10.4. The van der Waals surface area contributed by atoms with Crippen molar-refractivity contribution in [2.45, 2.75) is 13.0 Å². The van der Waals surface area contributed by atoms with Gasteiger partial charge in [0.05, 0.1) is 5.37 Å². The van der Waals surface area contributed by atoms with Gasteiger partial charge >= 0.3 is 0 Å². The zero-order valence-corrected chi connectivity index (χ0v) is 5.86. The Morgan fingerprint density at radius 1 is 2.00 bits per heavy atom. The van der Waals surface area contributed by atoms with Crippen LogP contribution in [0.5, 0.6) is 0 Å². The molecule has 0 bridgehead atoms. The van der Waals surface area contributed by atoms with Gasteiger partial charge in [0.1, 0.15) is 6.10 Å². The summed E-state index contributed by atoms with van der Waals surface area (Å²) in [7, 11) is 0. The third kappa shape index (κ3) is 5.39. The van der Waals surface area contributed by atoms with Gasteiger partial charge in [0, 0.05) is 13.5 Å². The van der Waals surface area contributed by atoms with E-state index >= 15 is 0 Å². The maximum Gasteiger partial charge on any atom is 0.216 e. The van der Waals surface area contributed by atoms with Crippen LogP contribution in [0.4, 0.5) is 0 Å². The van der Waals surface area contributed by atoms with E-state index in [1.807, 2.05) is 0 Å². The molecule has 2 N–H and O–H groups in total. The molecule has 0 rings (SSSR count). The van der Waals surface area contributed by atoms with Gasteiger partial charge in [0.15, 0.2) is 0 Å². The fourth-order valence-electron chi connectivity index (χ4n) is 0.282. The molecule has 0 saturated carbocycles. The molecule has 1 radical (unpaired) electrons. The van der Waals surface area contributed by atoms with E-state index in [9.17, 15) is 4.79 Å². The molecule has 0 aliphatic heterocycles. The molecule has 1 atom stereocenters. The van der Waals surface area contributed by atoms with Gasteiger partial charge in [-0.15, -0.1) is 0 Å². The second kappa shape index (κ2) is 4.40. The molecule has 0 saturated heterocycles. The number of nitrogens with one attached hydrogen (secondary N) is 1. The summed E-state index contributed by atoms with van der Waals surface area (Å²) in [5.74, 6) is -0.181. The van der Waals surface area contributed by atoms with Crippen LogP contribution < -0.4 is 5.32 Å². The largest absolute Gasteiger partial charge is 0.386 e. The monoisotopic (exact) mass is 146 g/mol. The predicted octanol–water partition coefficient (Wildman–Crippen LogP) is -0.640. The summed E-state index contributed by atoms with van der Waals surface area (Å²) in [6, 6.07) is 0. The first kappa shape index (κ1) is 8.52. The van der Waals surface area contributed by atoms with E-state index in [1.165, 1.54) is 6.92 Å². The number of carbonyl (C=O) groups is 1. The van der Waals surface area contributed by atoms with Crippen LogP contribution in [0, 0.1) is 0 Å². The zero-order chi connectivity index (χ0) is 7.28.